The number of piperazine rings is 1. The molecule has 6 nitrogen and oxygen atoms in total. The highest BCUT2D eigenvalue weighted by molar-refractivity contribution is 5.94. The van der Waals surface area contributed by atoms with Crippen LogP contribution in [0.2, 0.25) is 0 Å². The summed E-state index contributed by atoms with van der Waals surface area (Å²) >= 11 is 0. The fraction of sp³-hybridized carbons (Fsp3) is 0.556. The first-order chi connectivity index (χ1) is 12.5. The number of benzene rings is 1. The van der Waals surface area contributed by atoms with Crippen molar-refractivity contribution in [3.8, 4) is 5.75 Å². The lowest BCUT2D eigenvalue weighted by atomic mass is 10.0. The summed E-state index contributed by atoms with van der Waals surface area (Å²) in [6, 6.07) is 4.00. The predicted octanol–water partition coefficient (Wildman–Crippen LogP) is 2.24. The Morgan fingerprint density at radius 2 is 1.78 bits per heavy atom. The minimum absolute atomic E-state index is 0.0155. The van der Waals surface area contributed by atoms with Gasteiger partial charge in [-0.25, -0.2) is 0 Å². The van der Waals surface area contributed by atoms with Gasteiger partial charge in [0.25, 0.3) is 5.91 Å². The highest BCUT2D eigenvalue weighted by Crippen LogP contribution is 2.23. The topological polar surface area (TPSA) is 75.9 Å². The van der Waals surface area contributed by atoms with Gasteiger partial charge < -0.3 is 20.3 Å². The van der Waals surface area contributed by atoms with Crippen LogP contribution in [-0.2, 0) is 4.79 Å². The van der Waals surface area contributed by atoms with E-state index in [0.717, 1.165) is 12.1 Å². The molecule has 2 amide bonds. The molecule has 2 N–H and O–H groups in total. The van der Waals surface area contributed by atoms with E-state index in [1.807, 2.05) is 20.8 Å². The molecule has 1 aliphatic heterocycles. The number of carbonyl (C=O) groups is 2. The highest BCUT2D eigenvalue weighted by atomic mass is 19.4. The van der Waals surface area contributed by atoms with Gasteiger partial charge in [0.2, 0.25) is 5.91 Å². The van der Waals surface area contributed by atoms with E-state index in [-0.39, 0.29) is 35.1 Å². The number of amides is 2. The Morgan fingerprint density at radius 3 is 2.26 bits per heavy atom. The Balaban J connectivity index is 2.00. The van der Waals surface area contributed by atoms with Crippen LogP contribution in [0.15, 0.2) is 24.3 Å². The van der Waals surface area contributed by atoms with Gasteiger partial charge >= 0.3 is 6.36 Å². The Labute approximate surface area is 156 Å². The Hall–Kier alpha value is -2.29. The predicted molar refractivity (Wildman–Crippen MR) is 93.0 cm³/mol. The fourth-order valence-corrected chi connectivity index (χ4v) is 2.93. The third-order valence-electron chi connectivity index (χ3n) is 4.54. The van der Waals surface area contributed by atoms with E-state index in [1.54, 1.807) is 9.80 Å². The van der Waals surface area contributed by atoms with Crippen LogP contribution in [0, 0.1) is 5.92 Å². The molecule has 2 rings (SSSR count). The maximum absolute atomic E-state index is 12.6. The molecule has 1 saturated heterocycles. The molecule has 2 atom stereocenters. The van der Waals surface area contributed by atoms with Crippen LogP contribution in [0.25, 0.3) is 0 Å². The molecule has 1 aromatic rings. The van der Waals surface area contributed by atoms with Gasteiger partial charge in [0.05, 0.1) is 6.04 Å². The average molecular weight is 387 g/mol. The van der Waals surface area contributed by atoms with Gasteiger partial charge in [0.1, 0.15) is 5.75 Å². The molecule has 1 aliphatic rings. The number of alkyl halides is 3. The molecule has 0 radical (unpaired) electrons. The molecule has 0 aliphatic carbocycles. The Morgan fingerprint density at radius 1 is 1.19 bits per heavy atom. The molecular weight excluding hydrogens is 363 g/mol. The first kappa shape index (κ1) is 21.0. The van der Waals surface area contributed by atoms with Crippen LogP contribution in [0.5, 0.6) is 5.75 Å². The van der Waals surface area contributed by atoms with Gasteiger partial charge in [-0.3, -0.25) is 9.59 Å². The van der Waals surface area contributed by atoms with Crippen molar-refractivity contribution in [1.82, 2.24) is 9.80 Å². The van der Waals surface area contributed by atoms with Crippen LogP contribution in [0.1, 0.15) is 31.1 Å². The molecule has 27 heavy (non-hydrogen) atoms. The Bertz CT molecular complexity index is 677. The smallest absolute Gasteiger partial charge is 0.406 e. The zero-order valence-corrected chi connectivity index (χ0v) is 15.5. The maximum atomic E-state index is 12.6. The van der Waals surface area contributed by atoms with Crippen molar-refractivity contribution < 1.29 is 27.5 Å². The van der Waals surface area contributed by atoms with Crippen LogP contribution in [-0.4, -0.2) is 59.7 Å². The first-order valence-electron chi connectivity index (χ1n) is 8.70. The zero-order valence-electron chi connectivity index (χ0n) is 15.5. The van der Waals surface area contributed by atoms with Crippen LogP contribution >= 0.6 is 0 Å². The van der Waals surface area contributed by atoms with Crippen molar-refractivity contribution in [2.45, 2.75) is 39.2 Å². The van der Waals surface area contributed by atoms with E-state index in [9.17, 15) is 22.8 Å². The number of ether oxygens (including phenoxy) is 1. The lowest BCUT2D eigenvalue weighted by Gasteiger charge is -2.41. The standard InChI is InChI=1S/C18H24F3N3O3/c1-11(2)15(22)17(26)24-9-8-23(10-12(24)3)16(25)13-4-6-14(7-5-13)27-18(19,20)21/h4-7,11-12,15H,8-10,22H2,1-3H3/t12-,15+/m1/s1. The second kappa shape index (κ2) is 8.16. The number of halogens is 3. The van der Waals surface area contributed by atoms with Gasteiger partial charge in [-0.2, -0.15) is 0 Å². The van der Waals surface area contributed by atoms with Crippen LogP contribution in [0.4, 0.5) is 13.2 Å². The van der Waals surface area contributed by atoms with Gasteiger partial charge in [0.15, 0.2) is 0 Å². The summed E-state index contributed by atoms with van der Waals surface area (Å²) in [5.74, 6) is -0.814. The Kier molecular flexibility index (Phi) is 6.35. The number of nitrogens with zero attached hydrogens (tertiary/aromatic N) is 2. The molecule has 0 spiro atoms. The number of hydrogen-bond acceptors (Lipinski definition) is 4. The lowest BCUT2D eigenvalue weighted by Crippen LogP contribution is -2.59. The minimum atomic E-state index is -4.78. The molecular formula is C18H24F3N3O3. The summed E-state index contributed by atoms with van der Waals surface area (Å²) in [6.45, 7) is 6.61. The monoisotopic (exact) mass is 387 g/mol. The molecule has 150 valence electrons. The van der Waals surface area contributed by atoms with E-state index in [1.165, 1.54) is 12.1 Å². The molecule has 9 heteroatoms. The first-order valence-corrected chi connectivity index (χ1v) is 8.70. The maximum Gasteiger partial charge on any atom is 0.573 e. The summed E-state index contributed by atoms with van der Waals surface area (Å²) in [4.78, 5) is 28.3. The quantitative estimate of drug-likeness (QED) is 0.860. The summed E-state index contributed by atoms with van der Waals surface area (Å²) in [6.07, 6.45) is -4.78. The van der Waals surface area contributed by atoms with Crippen molar-refractivity contribution in [2.24, 2.45) is 11.7 Å². The molecule has 0 aromatic heterocycles. The average Bonchev–Trinajstić information content (AvgIpc) is 2.59. The second-order valence-electron chi connectivity index (χ2n) is 6.97. The molecule has 1 aromatic carbocycles. The van der Waals surface area contributed by atoms with E-state index in [4.69, 9.17) is 5.73 Å². The van der Waals surface area contributed by atoms with Crippen molar-refractivity contribution in [3.05, 3.63) is 29.8 Å². The van der Waals surface area contributed by atoms with E-state index >= 15 is 0 Å². The van der Waals surface area contributed by atoms with Crippen LogP contribution < -0.4 is 10.5 Å². The fourth-order valence-electron chi connectivity index (χ4n) is 2.93. The van der Waals surface area contributed by atoms with Gasteiger partial charge in [-0.15, -0.1) is 13.2 Å². The summed E-state index contributed by atoms with van der Waals surface area (Å²) in [5, 5.41) is 0. The van der Waals surface area contributed by atoms with E-state index in [2.05, 4.69) is 4.74 Å². The van der Waals surface area contributed by atoms with E-state index < -0.39 is 12.4 Å². The molecule has 1 fully saturated rings. The molecule has 1 heterocycles. The van der Waals surface area contributed by atoms with Crippen molar-refractivity contribution in [2.75, 3.05) is 19.6 Å². The van der Waals surface area contributed by atoms with Gasteiger partial charge in [0, 0.05) is 31.2 Å². The van der Waals surface area contributed by atoms with Crippen LogP contribution in [0.3, 0.4) is 0 Å². The van der Waals surface area contributed by atoms with Crippen molar-refractivity contribution in [1.29, 1.82) is 0 Å². The van der Waals surface area contributed by atoms with E-state index in [0.29, 0.717) is 19.6 Å². The zero-order chi connectivity index (χ0) is 20.4. The summed E-state index contributed by atoms with van der Waals surface area (Å²) < 4.78 is 40.4. The third kappa shape index (κ3) is 5.35. The third-order valence-corrected chi connectivity index (χ3v) is 4.54. The number of nitrogens with two attached hydrogens (primary N) is 1. The number of hydrogen-bond donors (Lipinski definition) is 1. The lowest BCUT2D eigenvalue weighted by molar-refractivity contribution is -0.274. The van der Waals surface area contributed by atoms with Gasteiger partial charge in [-0.05, 0) is 37.1 Å². The minimum Gasteiger partial charge on any atom is -0.406 e. The number of rotatable bonds is 4. The summed E-state index contributed by atoms with van der Waals surface area (Å²) in [7, 11) is 0. The number of carbonyl (C=O) groups excluding carboxylic acids is 2. The SMILES string of the molecule is CC(C)[C@H](N)C(=O)N1CCN(C(=O)c2ccc(OC(F)(F)F)cc2)C[C@H]1C. The highest BCUT2D eigenvalue weighted by Gasteiger charge is 2.34. The molecule has 0 saturated carbocycles. The molecule has 0 bridgehead atoms. The normalized spacial score (nSPS) is 19.2. The second-order valence-corrected chi connectivity index (χ2v) is 6.97. The van der Waals surface area contributed by atoms with Gasteiger partial charge in [-0.1, -0.05) is 13.8 Å². The van der Waals surface area contributed by atoms with Crippen molar-refractivity contribution >= 4 is 11.8 Å². The van der Waals surface area contributed by atoms with Crippen molar-refractivity contribution in [3.63, 3.8) is 0 Å². The summed E-state index contributed by atoms with van der Waals surface area (Å²) in [5.41, 5.74) is 6.19. The molecule has 0 unspecified atom stereocenters. The largest absolute Gasteiger partial charge is 0.573 e.